The van der Waals surface area contributed by atoms with Crippen molar-refractivity contribution in [2.24, 2.45) is 0 Å². The van der Waals surface area contributed by atoms with Crippen LogP contribution in [-0.4, -0.2) is 30.1 Å². The van der Waals surface area contributed by atoms with Gasteiger partial charge in [0.1, 0.15) is 0 Å². The van der Waals surface area contributed by atoms with Crippen molar-refractivity contribution < 1.29 is 14.2 Å². The Morgan fingerprint density at radius 2 is 2.20 bits per heavy atom. The maximum absolute atomic E-state index is 13.0. The second-order valence-corrected chi connectivity index (χ2v) is 2.59. The van der Waals surface area contributed by atoms with Crippen LogP contribution in [0.4, 0.5) is 4.39 Å². The third-order valence-corrected chi connectivity index (χ3v) is 1.46. The second kappa shape index (κ2) is 3.88. The van der Waals surface area contributed by atoms with Crippen LogP contribution in [0.1, 0.15) is 20.8 Å². The molecule has 0 aliphatic carbocycles. The maximum atomic E-state index is 13.0. The Kier molecular flexibility index (Phi) is 3.83. The standard InChI is InChI=1S/C7H15FO2/c1-4-10-5-7(3,8)6(2)9/h6,9H,4-5H2,1-3H3. The molecule has 1 N–H and O–H groups in total. The summed E-state index contributed by atoms with van der Waals surface area (Å²) in [5, 5.41) is 8.85. The van der Waals surface area contributed by atoms with Gasteiger partial charge in [0, 0.05) is 6.61 Å². The highest BCUT2D eigenvalue weighted by Crippen LogP contribution is 2.15. The summed E-state index contributed by atoms with van der Waals surface area (Å²) in [5.74, 6) is 0. The molecule has 0 aliphatic heterocycles. The van der Waals surface area contributed by atoms with E-state index in [9.17, 15) is 4.39 Å². The van der Waals surface area contributed by atoms with Gasteiger partial charge < -0.3 is 9.84 Å². The Hall–Kier alpha value is -0.150. The van der Waals surface area contributed by atoms with Crippen LogP contribution < -0.4 is 0 Å². The van der Waals surface area contributed by atoms with Crippen molar-refractivity contribution in [1.29, 1.82) is 0 Å². The number of aliphatic hydroxyl groups is 1. The van der Waals surface area contributed by atoms with Gasteiger partial charge in [-0.2, -0.15) is 0 Å². The molecular weight excluding hydrogens is 135 g/mol. The zero-order chi connectivity index (χ0) is 8.20. The third kappa shape index (κ3) is 3.13. The van der Waals surface area contributed by atoms with Crippen molar-refractivity contribution in [3.63, 3.8) is 0 Å². The van der Waals surface area contributed by atoms with Crippen molar-refractivity contribution in [3.8, 4) is 0 Å². The van der Waals surface area contributed by atoms with Crippen molar-refractivity contribution >= 4 is 0 Å². The van der Waals surface area contributed by atoms with Gasteiger partial charge in [-0.3, -0.25) is 0 Å². The van der Waals surface area contributed by atoms with Crippen LogP contribution in [0.25, 0.3) is 0 Å². The Balaban J connectivity index is 3.63. The van der Waals surface area contributed by atoms with Gasteiger partial charge in [0.2, 0.25) is 0 Å². The summed E-state index contributed by atoms with van der Waals surface area (Å²) in [7, 11) is 0. The summed E-state index contributed by atoms with van der Waals surface area (Å²) in [6, 6.07) is 0. The van der Waals surface area contributed by atoms with E-state index in [0.29, 0.717) is 6.61 Å². The number of ether oxygens (including phenoxy) is 1. The molecule has 2 unspecified atom stereocenters. The van der Waals surface area contributed by atoms with Crippen LogP contribution in [-0.2, 0) is 4.74 Å². The summed E-state index contributed by atoms with van der Waals surface area (Å²) < 4.78 is 17.8. The molecule has 0 amide bonds. The molecule has 3 heteroatoms. The van der Waals surface area contributed by atoms with Crippen molar-refractivity contribution in [2.75, 3.05) is 13.2 Å². The highest BCUT2D eigenvalue weighted by molar-refractivity contribution is 4.78. The van der Waals surface area contributed by atoms with E-state index in [-0.39, 0.29) is 6.61 Å². The molecule has 0 saturated carbocycles. The van der Waals surface area contributed by atoms with Gasteiger partial charge >= 0.3 is 0 Å². The molecule has 2 nitrogen and oxygen atoms in total. The van der Waals surface area contributed by atoms with E-state index < -0.39 is 11.8 Å². The minimum Gasteiger partial charge on any atom is -0.390 e. The van der Waals surface area contributed by atoms with Crippen LogP contribution in [0.15, 0.2) is 0 Å². The summed E-state index contributed by atoms with van der Waals surface area (Å²) in [6.07, 6.45) is -0.973. The van der Waals surface area contributed by atoms with Crippen LogP contribution in [0, 0.1) is 0 Å². The van der Waals surface area contributed by atoms with E-state index in [1.54, 1.807) is 6.92 Å². The monoisotopic (exact) mass is 150 g/mol. The molecule has 0 rings (SSSR count). The molecule has 0 radical (unpaired) electrons. The van der Waals surface area contributed by atoms with E-state index in [1.165, 1.54) is 13.8 Å². The first kappa shape index (κ1) is 9.85. The molecule has 0 heterocycles. The zero-order valence-electron chi connectivity index (χ0n) is 6.72. The van der Waals surface area contributed by atoms with Gasteiger partial charge in [0.05, 0.1) is 12.7 Å². The molecule has 0 bridgehead atoms. The van der Waals surface area contributed by atoms with Crippen LogP contribution in [0.2, 0.25) is 0 Å². The maximum Gasteiger partial charge on any atom is 0.156 e. The summed E-state index contributed by atoms with van der Waals surface area (Å²) in [4.78, 5) is 0. The number of alkyl halides is 1. The van der Waals surface area contributed by atoms with E-state index in [0.717, 1.165) is 0 Å². The molecule has 62 valence electrons. The average molecular weight is 150 g/mol. The van der Waals surface area contributed by atoms with Gasteiger partial charge in [0.25, 0.3) is 0 Å². The lowest BCUT2D eigenvalue weighted by Crippen LogP contribution is -2.37. The fourth-order valence-corrected chi connectivity index (χ4v) is 0.422. The van der Waals surface area contributed by atoms with E-state index in [4.69, 9.17) is 9.84 Å². The van der Waals surface area contributed by atoms with E-state index in [1.807, 2.05) is 0 Å². The largest absolute Gasteiger partial charge is 0.390 e. The van der Waals surface area contributed by atoms with Crippen LogP contribution in [0.3, 0.4) is 0 Å². The SMILES string of the molecule is CCOCC(C)(F)C(C)O. The van der Waals surface area contributed by atoms with Crippen molar-refractivity contribution in [2.45, 2.75) is 32.5 Å². The molecule has 0 saturated heterocycles. The first-order valence-corrected chi connectivity index (χ1v) is 3.45. The highest BCUT2D eigenvalue weighted by atomic mass is 19.1. The van der Waals surface area contributed by atoms with Crippen LogP contribution in [0.5, 0.6) is 0 Å². The number of rotatable bonds is 4. The number of hydrogen-bond donors (Lipinski definition) is 1. The molecular formula is C7H15FO2. The number of aliphatic hydroxyl groups excluding tert-OH is 1. The average Bonchev–Trinajstić information content (AvgIpc) is 1.84. The van der Waals surface area contributed by atoms with Gasteiger partial charge in [-0.05, 0) is 20.8 Å². The normalized spacial score (nSPS) is 20.1. The predicted octanol–water partition coefficient (Wildman–Crippen LogP) is 1.13. The Morgan fingerprint density at radius 3 is 2.50 bits per heavy atom. The molecule has 0 aliphatic rings. The smallest absolute Gasteiger partial charge is 0.156 e. The quantitative estimate of drug-likeness (QED) is 0.651. The number of halogens is 1. The fraction of sp³-hybridized carbons (Fsp3) is 1.00. The first-order valence-electron chi connectivity index (χ1n) is 3.45. The predicted molar refractivity (Wildman–Crippen MR) is 37.7 cm³/mol. The highest BCUT2D eigenvalue weighted by Gasteiger charge is 2.29. The molecule has 0 spiro atoms. The minimum absolute atomic E-state index is 0.0405. The lowest BCUT2D eigenvalue weighted by atomic mass is 10.0. The topological polar surface area (TPSA) is 29.5 Å². The van der Waals surface area contributed by atoms with Crippen LogP contribution >= 0.6 is 0 Å². The van der Waals surface area contributed by atoms with Gasteiger partial charge in [-0.25, -0.2) is 4.39 Å². The summed E-state index contributed by atoms with van der Waals surface area (Å²) >= 11 is 0. The number of hydrogen-bond acceptors (Lipinski definition) is 2. The molecule has 10 heavy (non-hydrogen) atoms. The van der Waals surface area contributed by atoms with Crippen molar-refractivity contribution in [1.82, 2.24) is 0 Å². The molecule has 0 aromatic heterocycles. The van der Waals surface area contributed by atoms with E-state index >= 15 is 0 Å². The van der Waals surface area contributed by atoms with Gasteiger partial charge in [-0.15, -0.1) is 0 Å². The Morgan fingerprint density at radius 1 is 1.70 bits per heavy atom. The lowest BCUT2D eigenvalue weighted by Gasteiger charge is -2.22. The van der Waals surface area contributed by atoms with Gasteiger partial charge in [0.15, 0.2) is 5.67 Å². The van der Waals surface area contributed by atoms with Gasteiger partial charge in [-0.1, -0.05) is 0 Å². The minimum atomic E-state index is -1.62. The second-order valence-electron chi connectivity index (χ2n) is 2.59. The molecule has 2 atom stereocenters. The third-order valence-electron chi connectivity index (χ3n) is 1.46. The Labute approximate surface area is 61.0 Å². The molecule has 0 fully saturated rings. The molecule has 0 aromatic carbocycles. The molecule has 0 aromatic rings. The Bertz CT molecular complexity index is 91.6. The fourth-order valence-electron chi connectivity index (χ4n) is 0.422. The van der Waals surface area contributed by atoms with E-state index in [2.05, 4.69) is 0 Å². The lowest BCUT2D eigenvalue weighted by molar-refractivity contribution is -0.0461. The zero-order valence-corrected chi connectivity index (χ0v) is 6.72. The first-order chi connectivity index (χ1) is 4.50. The summed E-state index contributed by atoms with van der Waals surface area (Å²) in [6.45, 7) is 4.97. The summed E-state index contributed by atoms with van der Waals surface area (Å²) in [5.41, 5.74) is -1.62. The van der Waals surface area contributed by atoms with Crippen molar-refractivity contribution in [3.05, 3.63) is 0 Å².